The van der Waals surface area contributed by atoms with Crippen molar-refractivity contribution in [2.45, 2.75) is 12.5 Å². The summed E-state index contributed by atoms with van der Waals surface area (Å²) in [6.07, 6.45) is 1.18. The van der Waals surface area contributed by atoms with E-state index < -0.39 is 18.0 Å². The Hall–Kier alpha value is -3.28. The second-order valence-corrected chi connectivity index (χ2v) is 5.03. The number of rotatable bonds is 6. The number of carboxylic acid groups (broad SMARTS) is 1. The number of carbonyl (C=O) groups is 2. The van der Waals surface area contributed by atoms with E-state index >= 15 is 0 Å². The number of hydrogen-bond acceptors (Lipinski definition) is 5. The summed E-state index contributed by atoms with van der Waals surface area (Å²) in [6.45, 7) is 0. The summed E-state index contributed by atoms with van der Waals surface area (Å²) in [5.74, 6) is -2.64. The van der Waals surface area contributed by atoms with Crippen LogP contribution in [0.25, 0.3) is 6.08 Å². The van der Waals surface area contributed by atoms with Crippen LogP contribution in [-0.2, 0) is 20.7 Å². The Balaban J connectivity index is 2.01. The summed E-state index contributed by atoms with van der Waals surface area (Å²) in [5, 5.41) is 27.8. The minimum Gasteiger partial charge on any atom is -0.504 e. The number of ether oxygens (including phenoxy) is 1. The first kappa shape index (κ1) is 17.1. The van der Waals surface area contributed by atoms with Gasteiger partial charge in [0.15, 0.2) is 11.5 Å². The van der Waals surface area contributed by atoms with Crippen molar-refractivity contribution in [2.24, 2.45) is 0 Å². The molecule has 0 aliphatic heterocycles. The molecule has 6 nitrogen and oxygen atoms in total. The van der Waals surface area contributed by atoms with Crippen LogP contribution < -0.4 is 0 Å². The highest BCUT2D eigenvalue weighted by Gasteiger charge is 2.21. The molecule has 2 aromatic rings. The fourth-order valence-electron chi connectivity index (χ4n) is 2.00. The smallest absolute Gasteiger partial charge is 0.345 e. The molecule has 2 aromatic carbocycles. The quantitative estimate of drug-likeness (QED) is 0.427. The van der Waals surface area contributed by atoms with Crippen LogP contribution in [0.4, 0.5) is 0 Å². The minimum absolute atomic E-state index is 0.0652. The molecular weight excluding hydrogens is 312 g/mol. The van der Waals surface area contributed by atoms with E-state index in [2.05, 4.69) is 0 Å². The van der Waals surface area contributed by atoms with Gasteiger partial charge in [-0.25, -0.2) is 9.59 Å². The van der Waals surface area contributed by atoms with Crippen molar-refractivity contribution in [1.29, 1.82) is 0 Å². The zero-order valence-corrected chi connectivity index (χ0v) is 12.6. The van der Waals surface area contributed by atoms with Crippen LogP contribution >= 0.6 is 0 Å². The van der Waals surface area contributed by atoms with E-state index in [-0.39, 0.29) is 17.9 Å². The summed E-state index contributed by atoms with van der Waals surface area (Å²) >= 11 is 0. The average Bonchev–Trinajstić information content (AvgIpc) is 2.56. The van der Waals surface area contributed by atoms with Gasteiger partial charge in [0.2, 0.25) is 6.10 Å². The van der Waals surface area contributed by atoms with Crippen molar-refractivity contribution in [1.82, 2.24) is 0 Å². The zero-order valence-electron chi connectivity index (χ0n) is 12.6. The van der Waals surface area contributed by atoms with Crippen molar-refractivity contribution in [3.05, 3.63) is 65.7 Å². The molecule has 2 rings (SSSR count). The summed E-state index contributed by atoms with van der Waals surface area (Å²) in [7, 11) is 0. The Bertz CT molecular complexity index is 751. The molecule has 0 spiro atoms. The largest absolute Gasteiger partial charge is 0.504 e. The molecule has 124 valence electrons. The van der Waals surface area contributed by atoms with Gasteiger partial charge in [-0.2, -0.15) is 0 Å². The third kappa shape index (κ3) is 4.88. The summed E-state index contributed by atoms with van der Waals surface area (Å²) in [5.41, 5.74) is 1.20. The molecule has 0 amide bonds. The molecule has 0 saturated carbocycles. The molecule has 6 heteroatoms. The first-order chi connectivity index (χ1) is 11.5. The van der Waals surface area contributed by atoms with Gasteiger partial charge >= 0.3 is 11.9 Å². The maximum Gasteiger partial charge on any atom is 0.345 e. The van der Waals surface area contributed by atoms with Crippen molar-refractivity contribution in [2.75, 3.05) is 0 Å². The Morgan fingerprint density at radius 2 is 1.75 bits per heavy atom. The van der Waals surface area contributed by atoms with Crippen molar-refractivity contribution >= 4 is 18.0 Å². The highest BCUT2D eigenvalue weighted by atomic mass is 16.6. The van der Waals surface area contributed by atoms with Crippen LogP contribution in [0, 0.1) is 0 Å². The third-order valence-electron chi connectivity index (χ3n) is 3.21. The lowest BCUT2D eigenvalue weighted by Gasteiger charge is -2.12. The second-order valence-electron chi connectivity index (χ2n) is 5.03. The molecule has 0 bridgehead atoms. The van der Waals surface area contributed by atoms with Gasteiger partial charge in [-0.05, 0) is 29.3 Å². The van der Waals surface area contributed by atoms with Crippen molar-refractivity contribution < 1.29 is 29.6 Å². The zero-order chi connectivity index (χ0) is 17.5. The Morgan fingerprint density at radius 1 is 1.04 bits per heavy atom. The maximum atomic E-state index is 11.8. The number of phenols is 2. The van der Waals surface area contributed by atoms with E-state index in [1.54, 1.807) is 30.3 Å². The van der Waals surface area contributed by atoms with Crippen LogP contribution in [-0.4, -0.2) is 33.4 Å². The molecule has 0 heterocycles. The maximum absolute atomic E-state index is 11.8. The van der Waals surface area contributed by atoms with E-state index in [0.717, 1.165) is 11.6 Å². The molecular formula is C18H16O6. The standard InChI is InChI=1S/C18H16O6/c19-14-8-6-13(10-15(14)20)7-9-17(21)24-16(18(22)23)11-12-4-2-1-3-5-12/h1-10,16,19-20H,11H2,(H,22,23)/b9-7+/t16-/m1/s1. The number of phenolic OH excluding ortho intramolecular Hbond substituents is 2. The number of aliphatic carboxylic acids is 1. The molecule has 0 unspecified atom stereocenters. The third-order valence-corrected chi connectivity index (χ3v) is 3.21. The minimum atomic E-state index is -1.29. The molecule has 0 saturated heterocycles. The highest BCUT2D eigenvalue weighted by molar-refractivity contribution is 5.89. The number of carbonyl (C=O) groups excluding carboxylic acids is 1. The normalized spacial score (nSPS) is 12.0. The van der Waals surface area contributed by atoms with Crippen LogP contribution in [0.3, 0.4) is 0 Å². The van der Waals surface area contributed by atoms with Gasteiger partial charge in [0.25, 0.3) is 0 Å². The number of benzene rings is 2. The van der Waals surface area contributed by atoms with Gasteiger partial charge in [-0.3, -0.25) is 0 Å². The molecule has 0 fully saturated rings. The topological polar surface area (TPSA) is 104 Å². The summed E-state index contributed by atoms with van der Waals surface area (Å²) in [6, 6.07) is 12.9. The van der Waals surface area contributed by atoms with Crippen molar-refractivity contribution in [3.8, 4) is 11.5 Å². The van der Waals surface area contributed by atoms with Gasteiger partial charge in [0, 0.05) is 12.5 Å². The number of esters is 1. The van der Waals surface area contributed by atoms with Crippen LogP contribution in [0.2, 0.25) is 0 Å². The van der Waals surface area contributed by atoms with Crippen LogP contribution in [0.1, 0.15) is 11.1 Å². The molecule has 0 aliphatic carbocycles. The first-order valence-electron chi connectivity index (χ1n) is 7.13. The fourth-order valence-corrected chi connectivity index (χ4v) is 2.00. The van der Waals surface area contributed by atoms with E-state index in [9.17, 15) is 24.9 Å². The Morgan fingerprint density at radius 3 is 2.38 bits per heavy atom. The Labute approximate surface area is 138 Å². The first-order valence-corrected chi connectivity index (χ1v) is 7.13. The van der Waals surface area contributed by atoms with Gasteiger partial charge < -0.3 is 20.1 Å². The monoisotopic (exact) mass is 328 g/mol. The SMILES string of the molecule is O=C(/C=C/c1ccc(O)c(O)c1)O[C@H](Cc1ccccc1)C(=O)O. The fraction of sp³-hybridized carbons (Fsp3) is 0.111. The second kappa shape index (κ2) is 7.82. The van der Waals surface area contributed by atoms with E-state index in [1.165, 1.54) is 24.3 Å². The van der Waals surface area contributed by atoms with Crippen LogP contribution in [0.5, 0.6) is 11.5 Å². The molecule has 0 radical (unpaired) electrons. The van der Waals surface area contributed by atoms with Crippen LogP contribution in [0.15, 0.2) is 54.6 Å². The van der Waals surface area contributed by atoms with Gasteiger partial charge in [-0.1, -0.05) is 36.4 Å². The summed E-state index contributed by atoms with van der Waals surface area (Å²) in [4.78, 5) is 23.0. The number of aromatic hydroxyl groups is 2. The summed E-state index contributed by atoms with van der Waals surface area (Å²) < 4.78 is 4.95. The van der Waals surface area contributed by atoms with Gasteiger partial charge in [0.05, 0.1) is 0 Å². The lowest BCUT2D eigenvalue weighted by molar-refractivity contribution is -0.160. The molecule has 0 aromatic heterocycles. The van der Waals surface area contributed by atoms with Crippen molar-refractivity contribution in [3.63, 3.8) is 0 Å². The van der Waals surface area contributed by atoms with E-state index in [1.807, 2.05) is 0 Å². The average molecular weight is 328 g/mol. The number of carboxylic acids is 1. The Kier molecular flexibility index (Phi) is 5.57. The molecule has 24 heavy (non-hydrogen) atoms. The lowest BCUT2D eigenvalue weighted by Crippen LogP contribution is -2.28. The molecule has 1 atom stereocenters. The van der Waals surface area contributed by atoms with Gasteiger partial charge in [0.1, 0.15) is 0 Å². The van der Waals surface area contributed by atoms with E-state index in [4.69, 9.17) is 4.74 Å². The van der Waals surface area contributed by atoms with Gasteiger partial charge in [-0.15, -0.1) is 0 Å². The lowest BCUT2D eigenvalue weighted by atomic mass is 10.1. The molecule has 0 aliphatic rings. The predicted octanol–water partition coefficient (Wildman–Crippen LogP) is 2.35. The van der Waals surface area contributed by atoms with E-state index in [0.29, 0.717) is 5.56 Å². The highest BCUT2D eigenvalue weighted by Crippen LogP contribution is 2.25. The molecule has 3 N–H and O–H groups in total. The predicted molar refractivity (Wildman–Crippen MR) is 86.5 cm³/mol. The number of hydrogen-bond donors (Lipinski definition) is 3.